The molecule has 0 spiro atoms. The van der Waals surface area contributed by atoms with Crippen LogP contribution < -0.4 is 4.74 Å². The largest absolute Gasteiger partial charge is 0.474 e. The molecule has 30 heavy (non-hydrogen) atoms. The number of nitrogens with zero attached hydrogens (tertiary/aromatic N) is 2. The molecule has 0 aliphatic rings. The number of hydrogen-bond donors (Lipinski definition) is 0. The van der Waals surface area contributed by atoms with Gasteiger partial charge in [0.15, 0.2) is 0 Å². The summed E-state index contributed by atoms with van der Waals surface area (Å²) in [5, 5.41) is 5.31. The number of carbonyl (C=O) groups is 1. The quantitative estimate of drug-likeness (QED) is 0.422. The van der Waals surface area contributed by atoms with E-state index in [1.807, 2.05) is 44.5 Å². The molecule has 0 saturated heterocycles. The van der Waals surface area contributed by atoms with E-state index in [0.717, 1.165) is 23.1 Å². The fraction of sp³-hybridized carbons (Fsp3) is 0.520. The van der Waals surface area contributed by atoms with Crippen molar-refractivity contribution in [3.63, 3.8) is 0 Å². The molecule has 1 heterocycles. The Hall–Kier alpha value is -2.07. The van der Waals surface area contributed by atoms with Crippen LogP contribution >= 0.6 is 11.6 Å². The third-order valence-corrected chi connectivity index (χ3v) is 5.83. The Labute approximate surface area is 186 Å². The molecule has 0 amide bonds. The van der Waals surface area contributed by atoms with Crippen molar-refractivity contribution >= 4 is 23.0 Å². The molecule has 4 nitrogen and oxygen atoms in total. The topological polar surface area (TPSA) is 44.1 Å². The van der Waals surface area contributed by atoms with Gasteiger partial charge in [-0.15, -0.1) is 0 Å². The zero-order valence-electron chi connectivity index (χ0n) is 19.8. The summed E-state index contributed by atoms with van der Waals surface area (Å²) >= 11 is 6.52. The third-order valence-electron chi connectivity index (χ3n) is 5.52. The van der Waals surface area contributed by atoms with Crippen molar-refractivity contribution in [1.29, 1.82) is 0 Å². The molecule has 0 bridgehead atoms. The number of allylic oxidation sites excluding steroid dienone is 2. The number of ketones is 1. The molecule has 1 atom stereocenters. The second kappa shape index (κ2) is 9.82. The van der Waals surface area contributed by atoms with Crippen molar-refractivity contribution in [3.8, 4) is 5.88 Å². The van der Waals surface area contributed by atoms with Gasteiger partial charge in [-0.05, 0) is 82.7 Å². The van der Waals surface area contributed by atoms with E-state index < -0.39 is 0 Å². The van der Waals surface area contributed by atoms with Gasteiger partial charge in [-0.2, -0.15) is 5.10 Å². The molecule has 164 valence electrons. The number of benzene rings is 1. The summed E-state index contributed by atoms with van der Waals surface area (Å²) in [5.74, 6) is 0.879. The Morgan fingerprint density at radius 2 is 1.77 bits per heavy atom. The molecule has 0 aliphatic heterocycles. The Balaban J connectivity index is 2.68. The molecule has 1 aromatic carbocycles. The lowest BCUT2D eigenvalue weighted by molar-refractivity contribution is 0.102. The molecular weight excluding hydrogens is 396 g/mol. The SMILES string of the molecule is CCC(C)Oc1c(C(=O)c2ccc(Cl)c(C(C)=C(C)C)c2C)c(C)nn1CC(C)C. The number of aromatic nitrogens is 2. The lowest BCUT2D eigenvalue weighted by Crippen LogP contribution is -2.17. The van der Waals surface area contributed by atoms with Crippen LogP contribution in [0.2, 0.25) is 5.02 Å². The highest BCUT2D eigenvalue weighted by Gasteiger charge is 2.27. The number of rotatable bonds is 8. The van der Waals surface area contributed by atoms with E-state index in [4.69, 9.17) is 16.3 Å². The maximum Gasteiger partial charge on any atom is 0.223 e. The fourth-order valence-corrected chi connectivity index (χ4v) is 3.80. The summed E-state index contributed by atoms with van der Waals surface area (Å²) in [7, 11) is 0. The fourth-order valence-electron chi connectivity index (χ4n) is 3.45. The second-order valence-corrected chi connectivity index (χ2v) is 9.13. The molecule has 0 radical (unpaired) electrons. The van der Waals surface area contributed by atoms with Crippen LogP contribution in [0.5, 0.6) is 5.88 Å². The highest BCUT2D eigenvalue weighted by atomic mass is 35.5. The van der Waals surface area contributed by atoms with Crippen molar-refractivity contribution in [1.82, 2.24) is 9.78 Å². The molecule has 2 rings (SSSR count). The third kappa shape index (κ3) is 4.97. The van der Waals surface area contributed by atoms with Crippen LogP contribution in [-0.2, 0) is 6.54 Å². The second-order valence-electron chi connectivity index (χ2n) is 8.73. The first-order chi connectivity index (χ1) is 14.0. The Bertz CT molecular complexity index is 966. The maximum absolute atomic E-state index is 13.7. The van der Waals surface area contributed by atoms with Gasteiger partial charge < -0.3 is 4.74 Å². The van der Waals surface area contributed by atoms with Gasteiger partial charge in [0.05, 0.1) is 11.8 Å². The minimum Gasteiger partial charge on any atom is -0.474 e. The van der Waals surface area contributed by atoms with Crippen molar-refractivity contribution in [2.75, 3.05) is 0 Å². The predicted octanol–water partition coefficient (Wildman–Crippen LogP) is 7.03. The van der Waals surface area contributed by atoms with Crippen LogP contribution in [0.1, 0.15) is 87.6 Å². The van der Waals surface area contributed by atoms with E-state index in [9.17, 15) is 4.79 Å². The van der Waals surface area contributed by atoms with E-state index in [-0.39, 0.29) is 11.9 Å². The summed E-state index contributed by atoms with van der Waals surface area (Å²) in [4.78, 5) is 13.7. The van der Waals surface area contributed by atoms with E-state index >= 15 is 0 Å². The highest BCUT2D eigenvalue weighted by Crippen LogP contribution is 2.34. The summed E-state index contributed by atoms with van der Waals surface area (Å²) in [6.45, 7) is 19.0. The Kier molecular flexibility index (Phi) is 7.93. The molecule has 0 saturated carbocycles. The normalized spacial score (nSPS) is 12.2. The van der Waals surface area contributed by atoms with Crippen LogP contribution in [0.25, 0.3) is 5.57 Å². The van der Waals surface area contributed by atoms with Crippen LogP contribution in [-0.4, -0.2) is 21.7 Å². The van der Waals surface area contributed by atoms with Gasteiger partial charge in [-0.25, -0.2) is 4.68 Å². The molecule has 1 aromatic heterocycles. The zero-order chi connectivity index (χ0) is 22.7. The average molecular weight is 431 g/mol. The van der Waals surface area contributed by atoms with Crippen molar-refractivity contribution < 1.29 is 9.53 Å². The summed E-state index contributed by atoms with van der Waals surface area (Å²) in [6.07, 6.45) is 0.844. The van der Waals surface area contributed by atoms with Crippen molar-refractivity contribution in [2.45, 2.75) is 81.4 Å². The van der Waals surface area contributed by atoms with Crippen molar-refractivity contribution in [3.05, 3.63) is 50.7 Å². The van der Waals surface area contributed by atoms with Crippen LogP contribution in [0.15, 0.2) is 17.7 Å². The predicted molar refractivity (Wildman–Crippen MR) is 126 cm³/mol. The van der Waals surface area contributed by atoms with E-state index in [0.29, 0.717) is 40.2 Å². The van der Waals surface area contributed by atoms with E-state index in [2.05, 4.69) is 39.7 Å². The van der Waals surface area contributed by atoms with Crippen LogP contribution in [0, 0.1) is 19.8 Å². The first-order valence-electron chi connectivity index (χ1n) is 10.7. The van der Waals surface area contributed by atoms with Crippen LogP contribution in [0.4, 0.5) is 0 Å². The summed E-state index contributed by atoms with van der Waals surface area (Å²) < 4.78 is 8.05. The van der Waals surface area contributed by atoms with Gasteiger partial charge >= 0.3 is 0 Å². The first kappa shape index (κ1) is 24.2. The lowest BCUT2D eigenvalue weighted by atomic mass is 9.91. The Morgan fingerprint density at radius 3 is 2.30 bits per heavy atom. The van der Waals surface area contributed by atoms with Gasteiger partial charge in [0.1, 0.15) is 5.56 Å². The minimum absolute atomic E-state index is 0.00615. The first-order valence-corrected chi connectivity index (χ1v) is 11.1. The van der Waals surface area contributed by atoms with Gasteiger partial charge in [0.2, 0.25) is 11.7 Å². The Morgan fingerprint density at radius 1 is 1.13 bits per heavy atom. The van der Waals surface area contributed by atoms with Gasteiger partial charge in [-0.1, -0.05) is 37.9 Å². The summed E-state index contributed by atoms with van der Waals surface area (Å²) in [6, 6.07) is 3.63. The molecule has 0 aliphatic carbocycles. The molecule has 0 N–H and O–H groups in total. The van der Waals surface area contributed by atoms with Crippen LogP contribution in [0.3, 0.4) is 0 Å². The smallest absolute Gasteiger partial charge is 0.223 e. The minimum atomic E-state index is -0.0715. The lowest BCUT2D eigenvalue weighted by Gasteiger charge is -2.18. The average Bonchev–Trinajstić information content (AvgIpc) is 2.94. The number of carbonyl (C=O) groups excluding carboxylic acids is 1. The number of ether oxygens (including phenoxy) is 1. The number of hydrogen-bond acceptors (Lipinski definition) is 3. The zero-order valence-corrected chi connectivity index (χ0v) is 20.6. The molecule has 1 unspecified atom stereocenters. The standard InChI is InChI=1S/C25H35ClN2O2/c1-10-16(6)30-25-23(19(9)27-28(25)13-14(2)3)24(29)20-11-12-21(26)22(18(20)8)17(7)15(4)5/h11-12,14,16H,10,13H2,1-9H3. The molecule has 2 aromatic rings. The number of halogens is 1. The highest BCUT2D eigenvalue weighted by molar-refractivity contribution is 6.32. The van der Waals surface area contributed by atoms with Crippen molar-refractivity contribution in [2.24, 2.45) is 5.92 Å². The van der Waals surface area contributed by atoms with Gasteiger partial charge in [0, 0.05) is 17.1 Å². The van der Waals surface area contributed by atoms with E-state index in [1.165, 1.54) is 5.57 Å². The van der Waals surface area contributed by atoms with Gasteiger partial charge in [0.25, 0.3) is 0 Å². The van der Waals surface area contributed by atoms with Gasteiger partial charge in [-0.3, -0.25) is 4.79 Å². The molecule has 0 fully saturated rings. The molecule has 5 heteroatoms. The van der Waals surface area contributed by atoms with E-state index in [1.54, 1.807) is 0 Å². The molecular formula is C25H35ClN2O2. The summed E-state index contributed by atoms with van der Waals surface area (Å²) in [5.41, 5.74) is 5.95. The number of aryl methyl sites for hydroxylation is 1. The monoisotopic (exact) mass is 430 g/mol. The maximum atomic E-state index is 13.7.